The third-order valence-corrected chi connectivity index (χ3v) is 4.29. The number of piperazine rings is 1. The van der Waals surface area contributed by atoms with E-state index in [1.54, 1.807) is 6.92 Å². The smallest absolute Gasteiger partial charge is 0.222 e. The second-order valence-corrected chi connectivity index (χ2v) is 6.24. The molecule has 0 radical (unpaired) electrons. The lowest BCUT2D eigenvalue weighted by Gasteiger charge is -2.36. The Balaban J connectivity index is 1.77. The van der Waals surface area contributed by atoms with E-state index in [4.69, 9.17) is 0 Å². The Bertz CT molecular complexity index is 610. The third-order valence-electron chi connectivity index (χ3n) is 4.29. The van der Waals surface area contributed by atoms with E-state index >= 15 is 0 Å². The normalized spacial score (nSPS) is 14.9. The summed E-state index contributed by atoms with van der Waals surface area (Å²) in [5.74, 6) is 0.920. The van der Waals surface area contributed by atoms with E-state index in [2.05, 4.69) is 20.5 Å². The minimum Gasteiger partial charge on any atom is -0.357 e. The van der Waals surface area contributed by atoms with Crippen LogP contribution in [0.4, 0.5) is 0 Å². The van der Waals surface area contributed by atoms with Crippen LogP contribution >= 0.6 is 0 Å². The highest BCUT2D eigenvalue weighted by atomic mass is 16.2. The maximum Gasteiger partial charge on any atom is 0.222 e. The van der Waals surface area contributed by atoms with Gasteiger partial charge in [0, 0.05) is 52.6 Å². The predicted molar refractivity (Wildman–Crippen MR) is 103 cm³/mol. The number of carbonyl (C=O) groups is 2. The van der Waals surface area contributed by atoms with Crippen molar-refractivity contribution in [2.45, 2.75) is 26.8 Å². The summed E-state index contributed by atoms with van der Waals surface area (Å²) in [4.78, 5) is 32.0. The van der Waals surface area contributed by atoms with E-state index in [1.165, 1.54) is 0 Å². The maximum absolute atomic E-state index is 12.0. The van der Waals surface area contributed by atoms with Crippen LogP contribution in [0.25, 0.3) is 0 Å². The average Bonchev–Trinajstić information content (AvgIpc) is 2.66. The molecule has 2 N–H and O–H groups in total. The van der Waals surface area contributed by atoms with Crippen LogP contribution in [0.5, 0.6) is 0 Å². The highest BCUT2D eigenvalue weighted by molar-refractivity contribution is 5.81. The number of hydrogen-bond donors (Lipinski definition) is 2. The Hall–Kier alpha value is -2.57. The quantitative estimate of drug-likeness (QED) is 0.582. The molecular formula is C19H29N5O2. The van der Waals surface area contributed by atoms with Gasteiger partial charge in [0.15, 0.2) is 5.96 Å². The molecule has 1 fully saturated rings. The number of guanidine groups is 1. The average molecular weight is 359 g/mol. The van der Waals surface area contributed by atoms with Crippen LogP contribution in [0, 0.1) is 0 Å². The molecule has 0 aromatic heterocycles. The Morgan fingerprint density at radius 1 is 1.04 bits per heavy atom. The number of hydrogen-bond acceptors (Lipinski definition) is 3. The molecule has 0 spiro atoms. The molecule has 0 unspecified atom stereocenters. The molecular weight excluding hydrogens is 330 g/mol. The molecule has 0 bridgehead atoms. The van der Waals surface area contributed by atoms with Crippen molar-refractivity contribution in [3.05, 3.63) is 35.9 Å². The third kappa shape index (κ3) is 6.38. The van der Waals surface area contributed by atoms with Crippen molar-refractivity contribution in [3.8, 4) is 0 Å². The number of amides is 2. The van der Waals surface area contributed by atoms with Crippen molar-refractivity contribution in [2.24, 2.45) is 4.99 Å². The first kappa shape index (κ1) is 19.8. The van der Waals surface area contributed by atoms with E-state index in [9.17, 15) is 9.59 Å². The number of carbonyl (C=O) groups excluding carboxylic acids is 2. The molecule has 7 heteroatoms. The fourth-order valence-corrected chi connectivity index (χ4v) is 2.81. The summed E-state index contributed by atoms with van der Waals surface area (Å²) < 4.78 is 0. The lowest BCUT2D eigenvalue weighted by atomic mass is 10.2. The summed E-state index contributed by atoms with van der Waals surface area (Å²) in [5.41, 5.74) is 1.08. The van der Waals surface area contributed by atoms with E-state index in [0.29, 0.717) is 32.6 Å². The van der Waals surface area contributed by atoms with Crippen molar-refractivity contribution in [3.63, 3.8) is 0 Å². The van der Waals surface area contributed by atoms with E-state index < -0.39 is 0 Å². The molecule has 0 aliphatic carbocycles. The van der Waals surface area contributed by atoms with Crippen LogP contribution in [0.3, 0.4) is 0 Å². The predicted octanol–water partition coefficient (Wildman–Crippen LogP) is 0.823. The number of benzene rings is 1. The summed E-state index contributed by atoms with van der Waals surface area (Å²) in [6, 6.07) is 9.85. The van der Waals surface area contributed by atoms with E-state index in [0.717, 1.165) is 31.2 Å². The molecule has 0 atom stereocenters. The second-order valence-electron chi connectivity index (χ2n) is 6.24. The summed E-state index contributed by atoms with van der Waals surface area (Å²) >= 11 is 0. The molecule has 26 heavy (non-hydrogen) atoms. The van der Waals surface area contributed by atoms with Crippen LogP contribution in [0.1, 0.15) is 25.8 Å². The molecule has 1 aromatic carbocycles. The number of nitrogens with one attached hydrogen (secondary N) is 2. The lowest BCUT2D eigenvalue weighted by molar-refractivity contribution is -0.130. The zero-order chi connectivity index (χ0) is 18.8. The lowest BCUT2D eigenvalue weighted by Crippen LogP contribution is -2.53. The van der Waals surface area contributed by atoms with Gasteiger partial charge < -0.3 is 20.4 Å². The van der Waals surface area contributed by atoms with Gasteiger partial charge in [-0.15, -0.1) is 0 Å². The van der Waals surface area contributed by atoms with Gasteiger partial charge in [-0.1, -0.05) is 30.3 Å². The van der Waals surface area contributed by atoms with Crippen molar-refractivity contribution in [1.29, 1.82) is 0 Å². The topological polar surface area (TPSA) is 77.0 Å². The highest BCUT2D eigenvalue weighted by Gasteiger charge is 2.20. The summed E-state index contributed by atoms with van der Waals surface area (Å²) in [6.07, 6.45) is 0.356. The minimum atomic E-state index is -0.00477. The van der Waals surface area contributed by atoms with Crippen LogP contribution < -0.4 is 10.6 Å². The van der Waals surface area contributed by atoms with Gasteiger partial charge in [0.1, 0.15) is 0 Å². The first-order chi connectivity index (χ1) is 12.6. The SMILES string of the molecule is CCNC(=NCCC(=O)NCc1ccccc1)N1CCN(C(C)=O)CC1. The Kier molecular flexibility index (Phi) is 7.92. The number of rotatable bonds is 6. The Morgan fingerprint density at radius 3 is 2.31 bits per heavy atom. The molecule has 142 valence electrons. The molecule has 2 amide bonds. The fourth-order valence-electron chi connectivity index (χ4n) is 2.81. The van der Waals surface area contributed by atoms with Gasteiger partial charge in [0.25, 0.3) is 0 Å². The van der Waals surface area contributed by atoms with E-state index in [1.807, 2.05) is 42.2 Å². The van der Waals surface area contributed by atoms with Crippen molar-refractivity contribution < 1.29 is 9.59 Å². The van der Waals surface area contributed by atoms with Crippen molar-refractivity contribution in [2.75, 3.05) is 39.3 Å². The molecule has 1 aliphatic rings. The minimum absolute atomic E-state index is 0.00477. The largest absolute Gasteiger partial charge is 0.357 e. The van der Waals surface area contributed by atoms with Crippen molar-refractivity contribution in [1.82, 2.24) is 20.4 Å². The first-order valence-corrected chi connectivity index (χ1v) is 9.19. The summed E-state index contributed by atoms with van der Waals surface area (Å²) in [5, 5.41) is 6.18. The Morgan fingerprint density at radius 2 is 1.69 bits per heavy atom. The van der Waals surface area contributed by atoms with Gasteiger partial charge in [0.2, 0.25) is 11.8 Å². The van der Waals surface area contributed by atoms with Gasteiger partial charge in [-0.05, 0) is 12.5 Å². The van der Waals surface area contributed by atoms with Gasteiger partial charge in [-0.25, -0.2) is 0 Å². The molecule has 2 rings (SSSR count). The summed E-state index contributed by atoms with van der Waals surface area (Å²) in [7, 11) is 0. The monoisotopic (exact) mass is 359 g/mol. The summed E-state index contributed by atoms with van der Waals surface area (Å²) in [6.45, 7) is 8.29. The van der Waals surface area contributed by atoms with Gasteiger partial charge in [-0.2, -0.15) is 0 Å². The van der Waals surface area contributed by atoms with Crippen LogP contribution in [0.2, 0.25) is 0 Å². The van der Waals surface area contributed by atoms with Crippen LogP contribution in [-0.2, 0) is 16.1 Å². The van der Waals surface area contributed by atoms with Gasteiger partial charge in [-0.3, -0.25) is 14.6 Å². The molecule has 7 nitrogen and oxygen atoms in total. The second kappa shape index (κ2) is 10.4. The molecule has 1 aromatic rings. The molecule has 1 aliphatic heterocycles. The van der Waals surface area contributed by atoms with E-state index in [-0.39, 0.29) is 11.8 Å². The van der Waals surface area contributed by atoms with Crippen LogP contribution in [0.15, 0.2) is 35.3 Å². The number of aliphatic imine (C=N–C) groups is 1. The van der Waals surface area contributed by atoms with Gasteiger partial charge >= 0.3 is 0 Å². The Labute approximate surface area is 155 Å². The molecule has 1 saturated heterocycles. The fraction of sp³-hybridized carbons (Fsp3) is 0.526. The zero-order valence-corrected chi connectivity index (χ0v) is 15.7. The first-order valence-electron chi connectivity index (χ1n) is 9.19. The number of nitrogens with zero attached hydrogens (tertiary/aromatic N) is 3. The molecule has 0 saturated carbocycles. The van der Waals surface area contributed by atoms with Gasteiger partial charge in [0.05, 0.1) is 6.54 Å². The van der Waals surface area contributed by atoms with Crippen molar-refractivity contribution >= 4 is 17.8 Å². The maximum atomic E-state index is 12.0. The highest BCUT2D eigenvalue weighted by Crippen LogP contribution is 2.03. The standard InChI is InChI=1S/C19H29N5O2/c1-3-20-19(24-13-11-23(12-14-24)16(2)25)21-10-9-18(26)22-15-17-7-5-4-6-8-17/h4-8H,3,9-15H2,1-2H3,(H,20,21)(H,22,26). The molecule has 1 heterocycles. The van der Waals surface area contributed by atoms with Crippen LogP contribution in [-0.4, -0.2) is 66.8 Å². The zero-order valence-electron chi connectivity index (χ0n) is 15.7.